The summed E-state index contributed by atoms with van der Waals surface area (Å²) >= 11 is 5.95. The third kappa shape index (κ3) is 8.42. The van der Waals surface area contributed by atoms with Crippen LogP contribution < -0.4 is 5.32 Å². The number of nitrogens with one attached hydrogen (secondary N) is 1. The fourth-order valence-electron chi connectivity index (χ4n) is 1.82. The Kier molecular flexibility index (Phi) is 7.67. The van der Waals surface area contributed by atoms with Crippen LogP contribution in [-0.4, -0.2) is 31.4 Å². The molecule has 1 rings (SSSR count). The van der Waals surface area contributed by atoms with Gasteiger partial charge >= 0.3 is 0 Å². The second-order valence-electron chi connectivity index (χ2n) is 6.46. The van der Waals surface area contributed by atoms with E-state index in [1.165, 1.54) is 0 Å². The van der Waals surface area contributed by atoms with Crippen molar-refractivity contribution in [1.29, 1.82) is 0 Å². The van der Waals surface area contributed by atoms with Crippen LogP contribution in [-0.2, 0) is 9.47 Å². The molecule has 1 aromatic carbocycles. The standard InChI is InChI=1S/C17H28ClNO2/c1-13(2)20-10-11-21-16(12-19-17(3,4)5)14-6-8-15(18)9-7-14/h6-9,13,16,19H,10-12H2,1-5H3. The van der Waals surface area contributed by atoms with Gasteiger partial charge in [0.05, 0.1) is 25.4 Å². The Balaban J connectivity index is 2.59. The van der Waals surface area contributed by atoms with E-state index in [1.807, 2.05) is 38.1 Å². The monoisotopic (exact) mass is 313 g/mol. The fraction of sp³-hybridized carbons (Fsp3) is 0.647. The van der Waals surface area contributed by atoms with Gasteiger partial charge in [-0.15, -0.1) is 0 Å². The Hall–Kier alpha value is -0.610. The van der Waals surface area contributed by atoms with Crippen molar-refractivity contribution < 1.29 is 9.47 Å². The Labute approximate surface area is 134 Å². The lowest BCUT2D eigenvalue weighted by atomic mass is 10.1. The van der Waals surface area contributed by atoms with Crippen molar-refractivity contribution in [3.63, 3.8) is 0 Å². The normalized spacial score (nSPS) is 13.7. The first-order valence-corrected chi connectivity index (χ1v) is 7.89. The highest BCUT2D eigenvalue weighted by Crippen LogP contribution is 2.20. The number of hydrogen-bond donors (Lipinski definition) is 1. The molecule has 1 unspecified atom stereocenters. The summed E-state index contributed by atoms with van der Waals surface area (Å²) in [5.41, 5.74) is 1.18. The summed E-state index contributed by atoms with van der Waals surface area (Å²) < 4.78 is 11.5. The molecule has 120 valence electrons. The zero-order valence-corrected chi connectivity index (χ0v) is 14.5. The van der Waals surface area contributed by atoms with Crippen molar-refractivity contribution in [2.45, 2.75) is 52.4 Å². The SMILES string of the molecule is CC(C)OCCOC(CNC(C)(C)C)c1ccc(Cl)cc1. The molecule has 1 atom stereocenters. The molecule has 1 aromatic rings. The van der Waals surface area contributed by atoms with Crippen LogP contribution in [0.15, 0.2) is 24.3 Å². The first kappa shape index (κ1) is 18.4. The summed E-state index contributed by atoms with van der Waals surface area (Å²) in [5, 5.41) is 4.23. The lowest BCUT2D eigenvalue weighted by molar-refractivity contribution is -0.0146. The molecule has 0 amide bonds. The van der Waals surface area contributed by atoms with Crippen LogP contribution in [0.4, 0.5) is 0 Å². The van der Waals surface area contributed by atoms with Crippen LogP contribution in [0.1, 0.15) is 46.3 Å². The van der Waals surface area contributed by atoms with Crippen LogP contribution >= 0.6 is 11.6 Å². The zero-order chi connectivity index (χ0) is 15.9. The van der Waals surface area contributed by atoms with Crippen LogP contribution in [0.3, 0.4) is 0 Å². The minimum atomic E-state index is -0.00254. The molecule has 0 saturated carbocycles. The summed E-state index contributed by atoms with van der Waals surface area (Å²) in [5.74, 6) is 0. The van der Waals surface area contributed by atoms with E-state index in [4.69, 9.17) is 21.1 Å². The molecule has 0 aliphatic rings. The third-order valence-corrected chi connectivity index (χ3v) is 3.17. The maximum Gasteiger partial charge on any atom is 0.0950 e. The number of benzene rings is 1. The molecule has 0 heterocycles. The molecule has 0 bridgehead atoms. The molecule has 0 fully saturated rings. The largest absolute Gasteiger partial charge is 0.376 e. The fourth-order valence-corrected chi connectivity index (χ4v) is 1.95. The van der Waals surface area contributed by atoms with Gasteiger partial charge < -0.3 is 14.8 Å². The third-order valence-electron chi connectivity index (χ3n) is 2.91. The molecule has 0 aromatic heterocycles. The van der Waals surface area contributed by atoms with Crippen molar-refractivity contribution in [1.82, 2.24) is 5.32 Å². The minimum absolute atomic E-state index is 0.00254. The molecular weight excluding hydrogens is 286 g/mol. The lowest BCUT2D eigenvalue weighted by Crippen LogP contribution is -2.39. The molecule has 0 saturated heterocycles. The van der Waals surface area contributed by atoms with Crippen molar-refractivity contribution in [2.24, 2.45) is 0 Å². The van der Waals surface area contributed by atoms with Crippen molar-refractivity contribution in [2.75, 3.05) is 19.8 Å². The lowest BCUT2D eigenvalue weighted by Gasteiger charge is -2.26. The highest BCUT2D eigenvalue weighted by Gasteiger charge is 2.16. The van der Waals surface area contributed by atoms with Gasteiger partial charge in [-0.1, -0.05) is 23.7 Å². The molecule has 4 heteroatoms. The molecule has 21 heavy (non-hydrogen) atoms. The summed E-state index contributed by atoms with van der Waals surface area (Å²) in [7, 11) is 0. The summed E-state index contributed by atoms with van der Waals surface area (Å²) in [6, 6.07) is 7.82. The molecule has 3 nitrogen and oxygen atoms in total. The Bertz CT molecular complexity index is 398. The topological polar surface area (TPSA) is 30.5 Å². The molecule has 0 aliphatic carbocycles. The average molecular weight is 314 g/mol. The van der Waals surface area contributed by atoms with Crippen LogP contribution in [0.25, 0.3) is 0 Å². The average Bonchev–Trinajstić information content (AvgIpc) is 2.38. The Morgan fingerprint density at radius 3 is 2.14 bits per heavy atom. The molecule has 0 spiro atoms. The van der Waals surface area contributed by atoms with Crippen LogP contribution in [0, 0.1) is 0 Å². The van der Waals surface area contributed by atoms with Gasteiger partial charge in [-0.3, -0.25) is 0 Å². The quantitative estimate of drug-likeness (QED) is 0.729. The van der Waals surface area contributed by atoms with Gasteiger partial charge in [-0.05, 0) is 52.3 Å². The minimum Gasteiger partial charge on any atom is -0.376 e. The predicted molar refractivity (Wildman–Crippen MR) is 89.0 cm³/mol. The van der Waals surface area contributed by atoms with E-state index in [0.717, 1.165) is 17.1 Å². The predicted octanol–water partition coefficient (Wildman–Crippen LogP) is 4.21. The van der Waals surface area contributed by atoms with E-state index in [0.29, 0.717) is 13.2 Å². The number of halogens is 1. The van der Waals surface area contributed by atoms with Crippen LogP contribution in [0.5, 0.6) is 0 Å². The Morgan fingerprint density at radius 2 is 1.62 bits per heavy atom. The first-order chi connectivity index (χ1) is 9.78. The van der Waals surface area contributed by atoms with Gasteiger partial charge in [0.1, 0.15) is 0 Å². The van der Waals surface area contributed by atoms with Crippen molar-refractivity contribution in [3.8, 4) is 0 Å². The van der Waals surface area contributed by atoms with Gasteiger partial charge in [-0.25, -0.2) is 0 Å². The second-order valence-corrected chi connectivity index (χ2v) is 6.90. The van der Waals surface area contributed by atoms with Crippen LogP contribution in [0.2, 0.25) is 5.02 Å². The highest BCUT2D eigenvalue weighted by atomic mass is 35.5. The van der Waals surface area contributed by atoms with E-state index in [9.17, 15) is 0 Å². The molecule has 0 aliphatic heterocycles. The van der Waals surface area contributed by atoms with E-state index in [1.54, 1.807) is 0 Å². The summed E-state index contributed by atoms with van der Waals surface area (Å²) in [6.45, 7) is 12.4. The van der Waals surface area contributed by atoms with E-state index < -0.39 is 0 Å². The maximum absolute atomic E-state index is 5.98. The summed E-state index contributed by atoms with van der Waals surface area (Å²) in [6.07, 6.45) is 0.229. The van der Waals surface area contributed by atoms with E-state index in [2.05, 4.69) is 26.1 Å². The smallest absolute Gasteiger partial charge is 0.0950 e. The van der Waals surface area contributed by atoms with Gasteiger partial charge in [0, 0.05) is 17.1 Å². The van der Waals surface area contributed by atoms with Crippen molar-refractivity contribution >= 4 is 11.6 Å². The molecule has 1 N–H and O–H groups in total. The number of hydrogen-bond acceptors (Lipinski definition) is 3. The highest BCUT2D eigenvalue weighted by molar-refractivity contribution is 6.30. The first-order valence-electron chi connectivity index (χ1n) is 7.51. The van der Waals surface area contributed by atoms with Crippen molar-refractivity contribution in [3.05, 3.63) is 34.9 Å². The number of rotatable bonds is 8. The second kappa shape index (κ2) is 8.74. The zero-order valence-electron chi connectivity index (χ0n) is 13.8. The van der Waals surface area contributed by atoms with Gasteiger partial charge in [0.25, 0.3) is 0 Å². The Morgan fingerprint density at radius 1 is 1.05 bits per heavy atom. The molecular formula is C17H28ClNO2. The van der Waals surface area contributed by atoms with Gasteiger partial charge in [-0.2, -0.15) is 0 Å². The summed E-state index contributed by atoms with van der Waals surface area (Å²) in [4.78, 5) is 0. The number of ether oxygens (including phenoxy) is 2. The van der Waals surface area contributed by atoms with Gasteiger partial charge in [0.15, 0.2) is 0 Å². The van der Waals surface area contributed by atoms with Gasteiger partial charge in [0.2, 0.25) is 0 Å². The van der Waals surface area contributed by atoms with E-state index in [-0.39, 0.29) is 17.7 Å². The van der Waals surface area contributed by atoms with E-state index >= 15 is 0 Å². The molecule has 0 radical (unpaired) electrons. The maximum atomic E-state index is 5.98.